The number of H-pyrrole nitrogens is 1. The van der Waals surface area contributed by atoms with Crippen LogP contribution in [0.4, 0.5) is 0 Å². The number of hydrogen-bond donors (Lipinski definition) is 2. The van der Waals surface area contributed by atoms with E-state index in [-0.39, 0.29) is 23.0 Å². The van der Waals surface area contributed by atoms with Crippen molar-refractivity contribution in [3.63, 3.8) is 0 Å². The van der Waals surface area contributed by atoms with Crippen molar-refractivity contribution in [1.82, 2.24) is 19.1 Å². The molecule has 0 spiro atoms. The average Bonchev–Trinajstić information content (AvgIpc) is 2.73. The molecule has 0 aromatic carbocycles. The summed E-state index contributed by atoms with van der Waals surface area (Å²) in [6.45, 7) is 3.72. The molecular formula is C11H14N4O4S. The number of hydrogen-bond acceptors (Lipinski definition) is 5. The van der Waals surface area contributed by atoms with E-state index in [2.05, 4.69) is 9.97 Å². The minimum Gasteiger partial charge on any atom is -0.481 e. The van der Waals surface area contributed by atoms with E-state index in [0.29, 0.717) is 5.16 Å². The average molecular weight is 298 g/mol. The molecule has 8 nitrogen and oxygen atoms in total. The first-order chi connectivity index (χ1) is 9.32. The lowest BCUT2D eigenvalue weighted by molar-refractivity contribution is -0.133. The Morgan fingerprint density at radius 2 is 2.10 bits per heavy atom. The van der Waals surface area contributed by atoms with Gasteiger partial charge in [0.2, 0.25) is 0 Å². The third-order valence-electron chi connectivity index (χ3n) is 2.76. The van der Waals surface area contributed by atoms with Gasteiger partial charge < -0.3 is 9.67 Å². The molecule has 0 bridgehead atoms. The van der Waals surface area contributed by atoms with Crippen LogP contribution in [-0.4, -0.2) is 35.9 Å². The van der Waals surface area contributed by atoms with Gasteiger partial charge in [-0.15, -0.1) is 0 Å². The standard InChI is InChI=1S/C11H14N4O4S/c1-5(2)15-7-8(12-11(15)20-4-6(16)17)14(3)10(19)13-9(7)18/h5H,4H2,1-3H3,(H,16,17)(H,13,18,19). The highest BCUT2D eigenvalue weighted by atomic mass is 32.2. The Bertz CT molecular complexity index is 786. The molecule has 2 N–H and O–H groups in total. The number of aryl methyl sites for hydroxylation is 1. The molecular weight excluding hydrogens is 284 g/mol. The second-order valence-electron chi connectivity index (χ2n) is 4.53. The number of carboxylic acids is 1. The minimum absolute atomic E-state index is 0.0881. The number of thioether (sulfide) groups is 1. The van der Waals surface area contributed by atoms with Crippen molar-refractivity contribution in [2.75, 3.05) is 5.75 Å². The van der Waals surface area contributed by atoms with Gasteiger partial charge >= 0.3 is 11.7 Å². The molecule has 0 atom stereocenters. The zero-order valence-electron chi connectivity index (χ0n) is 11.2. The number of nitrogens with zero attached hydrogens (tertiary/aromatic N) is 3. The van der Waals surface area contributed by atoms with Crippen LogP contribution in [0.15, 0.2) is 14.7 Å². The van der Waals surface area contributed by atoms with Gasteiger partial charge in [-0.3, -0.25) is 19.1 Å². The molecule has 2 aromatic heterocycles. The van der Waals surface area contributed by atoms with Crippen molar-refractivity contribution in [3.8, 4) is 0 Å². The number of imidazole rings is 1. The third-order valence-corrected chi connectivity index (χ3v) is 3.70. The van der Waals surface area contributed by atoms with Crippen LogP contribution in [0.25, 0.3) is 11.2 Å². The molecule has 2 heterocycles. The lowest BCUT2D eigenvalue weighted by atomic mass is 10.4. The summed E-state index contributed by atoms with van der Waals surface area (Å²) in [6.07, 6.45) is 0. The van der Waals surface area contributed by atoms with Gasteiger partial charge in [0.25, 0.3) is 5.56 Å². The van der Waals surface area contributed by atoms with E-state index in [1.54, 1.807) is 4.57 Å². The first kappa shape index (κ1) is 14.4. The van der Waals surface area contributed by atoms with Gasteiger partial charge in [0.05, 0.1) is 5.75 Å². The fraction of sp³-hybridized carbons (Fsp3) is 0.455. The maximum absolute atomic E-state index is 12.0. The number of fused-ring (bicyclic) bond motifs is 1. The van der Waals surface area contributed by atoms with E-state index < -0.39 is 17.2 Å². The van der Waals surface area contributed by atoms with Crippen LogP contribution >= 0.6 is 11.8 Å². The number of carbonyl (C=O) groups is 1. The van der Waals surface area contributed by atoms with Gasteiger partial charge in [-0.2, -0.15) is 0 Å². The molecule has 2 aromatic rings. The molecule has 0 aliphatic heterocycles. The molecule has 2 rings (SSSR count). The van der Waals surface area contributed by atoms with Crippen molar-refractivity contribution in [2.45, 2.75) is 25.0 Å². The van der Waals surface area contributed by atoms with Crippen LogP contribution in [0.1, 0.15) is 19.9 Å². The molecule has 0 aliphatic carbocycles. The zero-order chi connectivity index (χ0) is 15.0. The maximum Gasteiger partial charge on any atom is 0.329 e. The van der Waals surface area contributed by atoms with Gasteiger partial charge in [0.15, 0.2) is 16.3 Å². The molecule has 0 fully saturated rings. The molecule has 0 amide bonds. The summed E-state index contributed by atoms with van der Waals surface area (Å²) in [5, 5.41) is 9.16. The molecule has 20 heavy (non-hydrogen) atoms. The van der Waals surface area contributed by atoms with E-state index in [1.807, 2.05) is 13.8 Å². The van der Waals surface area contributed by atoms with E-state index in [9.17, 15) is 14.4 Å². The van der Waals surface area contributed by atoms with Crippen molar-refractivity contribution < 1.29 is 9.90 Å². The summed E-state index contributed by atoms with van der Waals surface area (Å²) < 4.78 is 2.88. The predicted molar refractivity (Wildman–Crippen MR) is 74.3 cm³/mol. The van der Waals surface area contributed by atoms with Crippen LogP contribution in [0.5, 0.6) is 0 Å². The Labute approximate surface area is 117 Å². The molecule has 0 saturated heterocycles. The van der Waals surface area contributed by atoms with Gasteiger partial charge in [0.1, 0.15) is 0 Å². The number of carboxylic acid groups (broad SMARTS) is 1. The van der Waals surface area contributed by atoms with E-state index in [4.69, 9.17) is 5.11 Å². The monoisotopic (exact) mass is 298 g/mol. The summed E-state index contributed by atoms with van der Waals surface area (Å²) in [6, 6.07) is -0.0881. The molecule has 0 aliphatic rings. The Hall–Kier alpha value is -2.03. The fourth-order valence-corrected chi connectivity index (χ4v) is 2.73. The van der Waals surface area contributed by atoms with Crippen molar-refractivity contribution in [2.24, 2.45) is 7.05 Å². The van der Waals surface area contributed by atoms with Crippen LogP contribution in [0.3, 0.4) is 0 Å². The van der Waals surface area contributed by atoms with Gasteiger partial charge in [-0.05, 0) is 13.8 Å². The number of rotatable bonds is 4. The second-order valence-corrected chi connectivity index (χ2v) is 5.47. The van der Waals surface area contributed by atoms with Gasteiger partial charge in [0, 0.05) is 13.1 Å². The number of aromatic nitrogens is 4. The Kier molecular flexibility index (Phi) is 3.71. The topological polar surface area (TPSA) is 110 Å². The minimum atomic E-state index is -0.972. The maximum atomic E-state index is 12.0. The lowest BCUT2D eigenvalue weighted by Crippen LogP contribution is -2.29. The van der Waals surface area contributed by atoms with Crippen molar-refractivity contribution in [1.29, 1.82) is 0 Å². The third kappa shape index (κ3) is 2.36. The largest absolute Gasteiger partial charge is 0.481 e. The quantitative estimate of drug-likeness (QED) is 0.779. The van der Waals surface area contributed by atoms with Gasteiger partial charge in [-0.1, -0.05) is 11.8 Å². The first-order valence-electron chi connectivity index (χ1n) is 5.88. The van der Waals surface area contributed by atoms with E-state index >= 15 is 0 Å². The summed E-state index contributed by atoms with van der Waals surface area (Å²) in [7, 11) is 1.50. The first-order valence-corrected chi connectivity index (χ1v) is 6.87. The fourth-order valence-electron chi connectivity index (χ4n) is 1.89. The molecule has 0 radical (unpaired) electrons. The summed E-state index contributed by atoms with van der Waals surface area (Å²) in [5.74, 6) is -1.14. The van der Waals surface area contributed by atoms with Crippen LogP contribution in [-0.2, 0) is 11.8 Å². The zero-order valence-corrected chi connectivity index (χ0v) is 12.0. The summed E-state index contributed by atoms with van der Waals surface area (Å²) >= 11 is 1.02. The lowest BCUT2D eigenvalue weighted by Gasteiger charge is -2.11. The van der Waals surface area contributed by atoms with E-state index in [1.165, 1.54) is 11.6 Å². The normalized spacial score (nSPS) is 11.4. The molecule has 108 valence electrons. The van der Waals surface area contributed by atoms with Crippen molar-refractivity contribution in [3.05, 3.63) is 20.8 Å². The highest BCUT2D eigenvalue weighted by Crippen LogP contribution is 2.25. The molecule has 0 unspecified atom stereocenters. The van der Waals surface area contributed by atoms with Crippen molar-refractivity contribution >= 4 is 28.9 Å². The summed E-state index contributed by atoms with van der Waals surface area (Å²) in [4.78, 5) is 40.7. The number of aliphatic carboxylic acids is 1. The second kappa shape index (κ2) is 5.16. The Balaban J connectivity index is 2.76. The number of aromatic amines is 1. The Morgan fingerprint density at radius 3 is 2.65 bits per heavy atom. The molecule has 0 saturated carbocycles. The highest BCUT2D eigenvalue weighted by Gasteiger charge is 2.19. The highest BCUT2D eigenvalue weighted by molar-refractivity contribution is 7.99. The van der Waals surface area contributed by atoms with Crippen LogP contribution in [0, 0.1) is 0 Å². The smallest absolute Gasteiger partial charge is 0.329 e. The van der Waals surface area contributed by atoms with Crippen LogP contribution < -0.4 is 11.2 Å². The van der Waals surface area contributed by atoms with Crippen LogP contribution in [0.2, 0.25) is 0 Å². The summed E-state index contributed by atoms with van der Waals surface area (Å²) in [5.41, 5.74) is -0.549. The Morgan fingerprint density at radius 1 is 1.45 bits per heavy atom. The van der Waals surface area contributed by atoms with E-state index in [0.717, 1.165) is 11.8 Å². The molecule has 9 heteroatoms. The van der Waals surface area contributed by atoms with Gasteiger partial charge in [-0.25, -0.2) is 9.78 Å². The number of nitrogens with one attached hydrogen (secondary N) is 1. The SMILES string of the molecule is CC(C)n1c(SCC(=O)O)nc2c1c(=O)[nH]c(=O)n2C. The predicted octanol–water partition coefficient (Wildman–Crippen LogP) is 0.181.